The number of aliphatic carboxylic acids is 1. The second-order valence-electron chi connectivity index (χ2n) is 6.00. The largest absolute Gasteiger partial charge is 0.481 e. The van der Waals surface area contributed by atoms with Crippen LogP contribution in [0.15, 0.2) is 0 Å². The Kier molecular flexibility index (Phi) is 3.90. The maximum atomic E-state index is 11.5. The Bertz CT molecular complexity index is 455. The lowest BCUT2D eigenvalue weighted by atomic mass is 9.66. The Morgan fingerprint density at radius 3 is 2.58 bits per heavy atom. The summed E-state index contributed by atoms with van der Waals surface area (Å²) in [5, 5.41) is 19.1. The van der Waals surface area contributed by atoms with E-state index in [0.717, 1.165) is 12.8 Å². The molecule has 0 aromatic rings. The summed E-state index contributed by atoms with van der Waals surface area (Å²) in [6.07, 6.45) is 3.98. The minimum atomic E-state index is -3.17. The van der Waals surface area contributed by atoms with Crippen LogP contribution in [0.25, 0.3) is 0 Å². The van der Waals surface area contributed by atoms with Gasteiger partial charge in [-0.2, -0.15) is 0 Å². The van der Waals surface area contributed by atoms with Gasteiger partial charge in [0.05, 0.1) is 17.8 Å². The number of carbonyl (C=O) groups is 1. The Balaban J connectivity index is 1.88. The van der Waals surface area contributed by atoms with Crippen molar-refractivity contribution in [2.45, 2.75) is 37.7 Å². The molecule has 0 radical (unpaired) electrons. The molecule has 1 saturated heterocycles. The summed E-state index contributed by atoms with van der Waals surface area (Å²) in [5.41, 5.74) is -0.908. The molecule has 1 unspecified atom stereocenters. The molecule has 2 N–H and O–H groups in total. The number of nitrogens with zero attached hydrogens (tertiary/aromatic N) is 1. The zero-order valence-electron chi connectivity index (χ0n) is 11.1. The van der Waals surface area contributed by atoms with E-state index in [1.807, 2.05) is 0 Å². The molecule has 110 valence electrons. The van der Waals surface area contributed by atoms with Gasteiger partial charge in [0.15, 0.2) is 0 Å². The van der Waals surface area contributed by atoms with Gasteiger partial charge in [-0.1, -0.05) is 0 Å². The van der Waals surface area contributed by atoms with Crippen LogP contribution in [0, 0.1) is 11.8 Å². The fourth-order valence-electron chi connectivity index (χ4n) is 3.23. The van der Waals surface area contributed by atoms with Crippen molar-refractivity contribution >= 4 is 16.0 Å². The molecule has 2 aliphatic rings. The summed E-state index contributed by atoms with van der Waals surface area (Å²) in [6.45, 7) is 0.990. The van der Waals surface area contributed by atoms with Gasteiger partial charge in [0.1, 0.15) is 0 Å². The summed E-state index contributed by atoms with van der Waals surface area (Å²) >= 11 is 0. The molecule has 7 heteroatoms. The first-order valence-electron chi connectivity index (χ1n) is 6.60. The first-order chi connectivity index (χ1) is 8.70. The summed E-state index contributed by atoms with van der Waals surface area (Å²) in [5.74, 6) is -1.17. The number of rotatable bonds is 4. The Morgan fingerprint density at radius 1 is 1.42 bits per heavy atom. The molecular formula is C12H21NO5S. The lowest BCUT2D eigenvalue weighted by molar-refractivity contribution is -0.160. The van der Waals surface area contributed by atoms with Crippen molar-refractivity contribution in [1.29, 1.82) is 0 Å². The first-order valence-corrected chi connectivity index (χ1v) is 8.45. The molecule has 0 spiro atoms. The van der Waals surface area contributed by atoms with E-state index >= 15 is 0 Å². The molecule has 6 nitrogen and oxygen atoms in total. The van der Waals surface area contributed by atoms with Gasteiger partial charge < -0.3 is 10.2 Å². The van der Waals surface area contributed by atoms with Gasteiger partial charge in [0.2, 0.25) is 10.0 Å². The molecular weight excluding hydrogens is 270 g/mol. The highest BCUT2D eigenvalue weighted by Gasteiger charge is 2.47. The Hall–Kier alpha value is -0.660. The number of carboxylic acid groups (broad SMARTS) is 1. The van der Waals surface area contributed by atoms with Crippen LogP contribution in [-0.4, -0.2) is 53.9 Å². The average molecular weight is 291 g/mol. The first kappa shape index (κ1) is 14.7. The molecule has 1 atom stereocenters. The Morgan fingerprint density at radius 2 is 2.05 bits per heavy atom. The fourth-order valence-corrected chi connectivity index (χ4v) is 4.17. The van der Waals surface area contributed by atoms with Gasteiger partial charge in [0.25, 0.3) is 0 Å². The average Bonchev–Trinajstić information content (AvgIpc) is 2.24. The lowest BCUT2D eigenvalue weighted by Crippen LogP contribution is -2.50. The molecule has 0 amide bonds. The smallest absolute Gasteiger partial charge is 0.306 e. The molecule has 0 bridgehead atoms. The van der Waals surface area contributed by atoms with Crippen LogP contribution >= 0.6 is 0 Å². The monoisotopic (exact) mass is 291 g/mol. The number of hydrogen-bond acceptors (Lipinski definition) is 4. The third-order valence-electron chi connectivity index (χ3n) is 4.22. The number of sulfonamides is 1. The van der Waals surface area contributed by atoms with Gasteiger partial charge in [-0.05, 0) is 38.0 Å². The van der Waals surface area contributed by atoms with Crippen molar-refractivity contribution in [1.82, 2.24) is 4.31 Å². The number of aliphatic hydroxyl groups is 1. The van der Waals surface area contributed by atoms with Crippen LogP contribution in [0.2, 0.25) is 0 Å². The summed E-state index contributed by atoms with van der Waals surface area (Å²) in [4.78, 5) is 10.7. The molecule has 19 heavy (non-hydrogen) atoms. The highest BCUT2D eigenvalue weighted by atomic mass is 32.2. The van der Waals surface area contributed by atoms with E-state index in [2.05, 4.69) is 0 Å². The third-order valence-corrected chi connectivity index (χ3v) is 5.49. The Labute approximate surface area is 113 Å². The molecule has 0 aromatic heterocycles. The number of carboxylic acids is 1. The van der Waals surface area contributed by atoms with Crippen molar-refractivity contribution in [3.63, 3.8) is 0 Å². The highest BCUT2D eigenvalue weighted by molar-refractivity contribution is 7.88. The highest BCUT2D eigenvalue weighted by Crippen LogP contribution is 2.43. The molecule has 2 fully saturated rings. The van der Waals surface area contributed by atoms with Crippen molar-refractivity contribution in [2.24, 2.45) is 11.8 Å². The lowest BCUT2D eigenvalue weighted by Gasteiger charge is -2.45. The van der Waals surface area contributed by atoms with E-state index in [-0.39, 0.29) is 18.8 Å². The molecule has 1 heterocycles. The topological polar surface area (TPSA) is 94.9 Å². The van der Waals surface area contributed by atoms with E-state index in [1.165, 1.54) is 10.6 Å². The minimum absolute atomic E-state index is 0.128. The quantitative estimate of drug-likeness (QED) is 0.775. The van der Waals surface area contributed by atoms with E-state index in [1.54, 1.807) is 0 Å². The van der Waals surface area contributed by atoms with E-state index in [9.17, 15) is 18.3 Å². The van der Waals surface area contributed by atoms with E-state index < -0.39 is 27.5 Å². The van der Waals surface area contributed by atoms with Gasteiger partial charge in [-0.3, -0.25) is 4.79 Å². The zero-order valence-corrected chi connectivity index (χ0v) is 11.9. The predicted octanol–water partition coefficient (Wildman–Crippen LogP) is 0.274. The maximum Gasteiger partial charge on any atom is 0.306 e. The van der Waals surface area contributed by atoms with Crippen molar-refractivity contribution in [3.8, 4) is 0 Å². The third kappa shape index (κ3) is 3.46. The van der Waals surface area contributed by atoms with Crippen molar-refractivity contribution in [2.75, 3.05) is 19.3 Å². The summed E-state index contributed by atoms with van der Waals surface area (Å²) < 4.78 is 24.5. The molecule has 1 aliphatic heterocycles. The standard InChI is InChI=1S/C12H21NO5S/c1-19(17,18)13-4-2-3-9(8-13)5-12(16)6-10(7-12)11(14)15/h9-10,16H,2-8H2,1H3,(H,14,15). The molecule has 1 aliphatic carbocycles. The summed E-state index contributed by atoms with van der Waals surface area (Å²) in [7, 11) is -3.17. The molecule has 1 saturated carbocycles. The summed E-state index contributed by atoms with van der Waals surface area (Å²) in [6, 6.07) is 0. The van der Waals surface area contributed by atoms with Crippen molar-refractivity contribution in [3.05, 3.63) is 0 Å². The normalized spacial score (nSPS) is 36.7. The van der Waals surface area contributed by atoms with Crippen molar-refractivity contribution < 1.29 is 23.4 Å². The zero-order chi connectivity index (χ0) is 14.3. The van der Waals surface area contributed by atoms with E-state index in [0.29, 0.717) is 19.5 Å². The minimum Gasteiger partial charge on any atom is -0.481 e. The van der Waals surface area contributed by atoms with Gasteiger partial charge in [-0.15, -0.1) is 0 Å². The molecule has 0 aromatic carbocycles. The van der Waals surface area contributed by atoms with Crippen LogP contribution in [0.4, 0.5) is 0 Å². The van der Waals surface area contributed by atoms with Gasteiger partial charge >= 0.3 is 5.97 Å². The van der Waals surface area contributed by atoms with E-state index in [4.69, 9.17) is 5.11 Å². The predicted molar refractivity (Wildman–Crippen MR) is 69.1 cm³/mol. The van der Waals surface area contributed by atoms with Gasteiger partial charge in [-0.25, -0.2) is 12.7 Å². The van der Waals surface area contributed by atoms with Crippen LogP contribution in [-0.2, 0) is 14.8 Å². The number of hydrogen-bond donors (Lipinski definition) is 2. The fraction of sp³-hybridized carbons (Fsp3) is 0.917. The van der Waals surface area contributed by atoms with Crippen LogP contribution in [0.3, 0.4) is 0 Å². The number of piperidine rings is 1. The van der Waals surface area contributed by atoms with Gasteiger partial charge in [0, 0.05) is 13.1 Å². The van der Waals surface area contributed by atoms with Crippen LogP contribution < -0.4 is 0 Å². The van der Waals surface area contributed by atoms with Crippen LogP contribution in [0.5, 0.6) is 0 Å². The molecule has 2 rings (SSSR count). The maximum absolute atomic E-state index is 11.5. The van der Waals surface area contributed by atoms with Crippen LogP contribution in [0.1, 0.15) is 32.1 Å². The second kappa shape index (κ2) is 5.03. The SMILES string of the molecule is CS(=O)(=O)N1CCCC(CC2(O)CC(C(=O)O)C2)C1. The second-order valence-corrected chi connectivity index (χ2v) is 7.98.